The normalized spacial score (nSPS) is 10.7. The van der Waals surface area contributed by atoms with Gasteiger partial charge in [-0.25, -0.2) is 9.37 Å². The molecule has 0 amide bonds. The van der Waals surface area contributed by atoms with Crippen molar-refractivity contribution in [2.45, 2.75) is 0 Å². The molecule has 0 saturated carbocycles. The molecule has 0 aliphatic rings. The Morgan fingerprint density at radius 3 is 2.80 bits per heavy atom. The van der Waals surface area contributed by atoms with Gasteiger partial charge in [0.15, 0.2) is 5.75 Å². The molecule has 0 aliphatic heterocycles. The standard InChI is InChI=1S/C13H9FN4O2/c14-7-4-5-10(16-6-7)12-17-13(20-18-12)8-2-1-3-9(15)11(8)19/h1-6,19H,15H2. The van der Waals surface area contributed by atoms with Crippen LogP contribution < -0.4 is 5.73 Å². The van der Waals surface area contributed by atoms with Crippen LogP contribution in [-0.2, 0) is 0 Å². The lowest BCUT2D eigenvalue weighted by molar-refractivity contribution is 0.426. The highest BCUT2D eigenvalue weighted by atomic mass is 19.1. The molecule has 3 rings (SSSR count). The van der Waals surface area contributed by atoms with Gasteiger partial charge in [-0.2, -0.15) is 4.98 Å². The number of aromatic nitrogens is 3. The Balaban J connectivity index is 2.02. The zero-order valence-corrected chi connectivity index (χ0v) is 10.1. The summed E-state index contributed by atoms with van der Waals surface area (Å²) in [4.78, 5) is 7.95. The van der Waals surface area contributed by atoms with Gasteiger partial charge in [0.1, 0.15) is 11.5 Å². The van der Waals surface area contributed by atoms with Gasteiger partial charge in [-0.1, -0.05) is 11.2 Å². The first kappa shape index (κ1) is 12.1. The predicted octanol–water partition coefficient (Wildman–Crippen LogP) is 2.23. The number of nitrogens with zero attached hydrogens (tertiary/aromatic N) is 3. The largest absolute Gasteiger partial charge is 0.505 e. The minimum Gasteiger partial charge on any atom is -0.505 e. The molecule has 100 valence electrons. The summed E-state index contributed by atoms with van der Waals surface area (Å²) >= 11 is 0. The summed E-state index contributed by atoms with van der Waals surface area (Å²) in [6.07, 6.45) is 1.06. The number of nitrogen functional groups attached to an aromatic ring is 1. The van der Waals surface area contributed by atoms with Gasteiger partial charge in [0, 0.05) is 0 Å². The Bertz CT molecular complexity index is 755. The number of para-hydroxylation sites is 1. The molecule has 0 radical (unpaired) electrons. The zero-order valence-electron chi connectivity index (χ0n) is 10.1. The third-order valence-corrected chi connectivity index (χ3v) is 2.68. The number of rotatable bonds is 2. The predicted molar refractivity (Wildman–Crippen MR) is 69.0 cm³/mol. The van der Waals surface area contributed by atoms with Crippen LogP contribution in [-0.4, -0.2) is 20.2 Å². The van der Waals surface area contributed by atoms with Crippen LogP contribution in [0.3, 0.4) is 0 Å². The molecule has 0 aliphatic carbocycles. The van der Waals surface area contributed by atoms with Crippen LogP contribution in [0.25, 0.3) is 23.0 Å². The van der Waals surface area contributed by atoms with Gasteiger partial charge in [-0.15, -0.1) is 0 Å². The Hall–Kier alpha value is -2.96. The van der Waals surface area contributed by atoms with Gasteiger partial charge < -0.3 is 15.4 Å². The van der Waals surface area contributed by atoms with Crippen molar-refractivity contribution in [1.29, 1.82) is 0 Å². The summed E-state index contributed by atoms with van der Waals surface area (Å²) in [6.45, 7) is 0. The van der Waals surface area contributed by atoms with E-state index in [2.05, 4.69) is 15.1 Å². The highest BCUT2D eigenvalue weighted by molar-refractivity contribution is 5.72. The molecule has 6 nitrogen and oxygen atoms in total. The van der Waals surface area contributed by atoms with Gasteiger partial charge in [0.2, 0.25) is 5.82 Å². The van der Waals surface area contributed by atoms with E-state index < -0.39 is 5.82 Å². The third kappa shape index (κ3) is 2.05. The summed E-state index contributed by atoms with van der Waals surface area (Å²) < 4.78 is 17.9. The SMILES string of the molecule is Nc1cccc(-c2nc(-c3ccc(F)cn3)no2)c1O. The van der Waals surface area contributed by atoms with E-state index in [4.69, 9.17) is 10.3 Å². The Labute approximate surface area is 112 Å². The smallest absolute Gasteiger partial charge is 0.262 e. The summed E-state index contributed by atoms with van der Waals surface area (Å²) in [5, 5.41) is 13.6. The van der Waals surface area contributed by atoms with Crippen molar-refractivity contribution in [3.8, 4) is 28.7 Å². The van der Waals surface area contributed by atoms with Gasteiger partial charge in [-0.05, 0) is 24.3 Å². The highest BCUT2D eigenvalue weighted by Gasteiger charge is 2.15. The molecule has 0 fully saturated rings. The first-order valence-corrected chi connectivity index (χ1v) is 5.68. The monoisotopic (exact) mass is 272 g/mol. The molecule has 0 unspecified atom stereocenters. The van der Waals surface area contributed by atoms with E-state index in [0.717, 1.165) is 6.20 Å². The lowest BCUT2D eigenvalue weighted by atomic mass is 10.2. The van der Waals surface area contributed by atoms with Gasteiger partial charge in [0.25, 0.3) is 5.89 Å². The molecule has 0 saturated heterocycles. The molecule has 2 aromatic heterocycles. The minimum absolute atomic E-state index is 0.107. The molecular formula is C13H9FN4O2. The van der Waals surface area contributed by atoms with Crippen LogP contribution in [0, 0.1) is 5.82 Å². The fourth-order valence-electron chi connectivity index (χ4n) is 1.68. The average molecular weight is 272 g/mol. The van der Waals surface area contributed by atoms with Crippen LogP contribution in [0.4, 0.5) is 10.1 Å². The van der Waals surface area contributed by atoms with Crippen molar-refractivity contribution in [2.24, 2.45) is 0 Å². The Morgan fingerprint density at radius 2 is 2.05 bits per heavy atom. The second-order valence-electron chi connectivity index (χ2n) is 4.03. The van der Waals surface area contributed by atoms with Gasteiger partial charge in [-0.3, -0.25) is 0 Å². The Morgan fingerprint density at radius 1 is 1.20 bits per heavy atom. The lowest BCUT2D eigenvalue weighted by Gasteiger charge is -2.01. The summed E-state index contributed by atoms with van der Waals surface area (Å²) in [7, 11) is 0. The molecule has 0 spiro atoms. The number of aromatic hydroxyl groups is 1. The van der Waals surface area contributed by atoms with E-state index in [1.807, 2.05) is 0 Å². The fourth-order valence-corrected chi connectivity index (χ4v) is 1.68. The number of phenolic OH excluding ortho intramolecular Hbond substituents is 1. The van der Waals surface area contributed by atoms with E-state index >= 15 is 0 Å². The number of nitrogens with two attached hydrogens (primary N) is 1. The maximum Gasteiger partial charge on any atom is 0.262 e. The van der Waals surface area contributed by atoms with Crippen molar-refractivity contribution in [1.82, 2.24) is 15.1 Å². The number of hydrogen-bond acceptors (Lipinski definition) is 6. The first-order valence-electron chi connectivity index (χ1n) is 5.68. The topological polar surface area (TPSA) is 98.1 Å². The third-order valence-electron chi connectivity index (χ3n) is 2.68. The maximum atomic E-state index is 12.8. The molecule has 1 aromatic carbocycles. The number of anilines is 1. The molecule has 20 heavy (non-hydrogen) atoms. The van der Waals surface area contributed by atoms with Crippen molar-refractivity contribution in [3.05, 3.63) is 42.3 Å². The van der Waals surface area contributed by atoms with E-state index in [1.54, 1.807) is 18.2 Å². The molecule has 3 N–H and O–H groups in total. The van der Waals surface area contributed by atoms with Crippen LogP contribution >= 0.6 is 0 Å². The van der Waals surface area contributed by atoms with Crippen LogP contribution in [0.2, 0.25) is 0 Å². The van der Waals surface area contributed by atoms with Crippen molar-refractivity contribution < 1.29 is 14.0 Å². The molecule has 0 atom stereocenters. The summed E-state index contributed by atoms with van der Waals surface area (Å²) in [6, 6.07) is 7.49. The zero-order chi connectivity index (χ0) is 14.1. The van der Waals surface area contributed by atoms with E-state index in [1.165, 1.54) is 12.1 Å². The van der Waals surface area contributed by atoms with Crippen LogP contribution in [0.5, 0.6) is 5.75 Å². The molecule has 3 aromatic rings. The first-order chi connectivity index (χ1) is 9.65. The van der Waals surface area contributed by atoms with E-state index in [-0.39, 0.29) is 23.2 Å². The maximum absolute atomic E-state index is 12.8. The van der Waals surface area contributed by atoms with Gasteiger partial charge >= 0.3 is 0 Å². The second-order valence-corrected chi connectivity index (χ2v) is 4.03. The average Bonchev–Trinajstić information content (AvgIpc) is 2.92. The number of halogens is 1. The van der Waals surface area contributed by atoms with Crippen molar-refractivity contribution in [3.63, 3.8) is 0 Å². The van der Waals surface area contributed by atoms with Crippen molar-refractivity contribution in [2.75, 3.05) is 5.73 Å². The Kier molecular flexibility index (Phi) is 2.79. The summed E-state index contributed by atoms with van der Waals surface area (Å²) in [5.74, 6) is -0.279. The molecule has 7 heteroatoms. The lowest BCUT2D eigenvalue weighted by Crippen LogP contribution is -1.89. The molecule has 2 heterocycles. The minimum atomic E-state index is -0.453. The van der Waals surface area contributed by atoms with Gasteiger partial charge in [0.05, 0.1) is 17.4 Å². The highest BCUT2D eigenvalue weighted by Crippen LogP contribution is 2.33. The second kappa shape index (κ2) is 4.61. The molecule has 0 bridgehead atoms. The fraction of sp³-hybridized carbons (Fsp3) is 0. The number of benzene rings is 1. The van der Waals surface area contributed by atoms with Crippen molar-refractivity contribution >= 4 is 5.69 Å². The molecular weight excluding hydrogens is 263 g/mol. The summed E-state index contributed by atoms with van der Waals surface area (Å²) in [5.41, 5.74) is 6.50. The number of hydrogen-bond donors (Lipinski definition) is 2. The van der Waals surface area contributed by atoms with E-state index in [9.17, 15) is 9.50 Å². The van der Waals surface area contributed by atoms with Crippen LogP contribution in [0.15, 0.2) is 41.1 Å². The quantitative estimate of drug-likeness (QED) is 0.548. The van der Waals surface area contributed by atoms with E-state index in [0.29, 0.717) is 11.3 Å². The number of phenols is 1. The van der Waals surface area contributed by atoms with Crippen LogP contribution in [0.1, 0.15) is 0 Å². The number of pyridine rings is 1.